The lowest BCUT2D eigenvalue weighted by atomic mass is 10.1. The van der Waals surface area contributed by atoms with Crippen molar-refractivity contribution in [3.63, 3.8) is 0 Å². The highest BCUT2D eigenvalue weighted by molar-refractivity contribution is 6.55. The van der Waals surface area contributed by atoms with Gasteiger partial charge in [0.1, 0.15) is 0 Å². The normalized spacial score (nSPS) is 13.0. The third kappa shape index (κ3) is 2.48. The van der Waals surface area contributed by atoms with E-state index in [2.05, 4.69) is 0 Å². The molecular formula is C8Cl5F5. The summed E-state index contributed by atoms with van der Waals surface area (Å²) in [6.07, 6.45) is -5.90. The molecule has 0 bridgehead atoms. The number of rotatable bonds is 1. The average molecular weight is 368 g/mol. The van der Waals surface area contributed by atoms with Gasteiger partial charge in [-0.15, -0.1) is 0 Å². The molecule has 0 saturated heterocycles. The lowest BCUT2D eigenvalue weighted by Crippen LogP contribution is -2.34. The Bertz CT molecular complexity index is 467. The summed E-state index contributed by atoms with van der Waals surface area (Å²) in [6, 6.07) is 0. The Kier molecular flexibility index (Phi) is 4.56. The average Bonchev–Trinajstić information content (AvgIpc) is 2.22. The van der Waals surface area contributed by atoms with Gasteiger partial charge in [-0.1, -0.05) is 58.0 Å². The molecule has 0 saturated carbocycles. The standard InChI is InChI=1S/C8Cl5F5/c9-2-1(7(14,15)8(16,17)18)3(10)5(12)6(13)4(2)11. The van der Waals surface area contributed by atoms with Gasteiger partial charge in [0.05, 0.1) is 30.7 Å². The van der Waals surface area contributed by atoms with Crippen molar-refractivity contribution in [2.45, 2.75) is 12.1 Å². The molecule has 10 heteroatoms. The SMILES string of the molecule is FC(F)(F)C(F)(F)c1c(Cl)c(Cl)c(Cl)c(Cl)c1Cl. The zero-order chi connectivity index (χ0) is 14.5. The van der Waals surface area contributed by atoms with Crippen molar-refractivity contribution >= 4 is 58.0 Å². The molecule has 0 amide bonds. The van der Waals surface area contributed by atoms with Crippen molar-refractivity contribution in [2.24, 2.45) is 0 Å². The fourth-order valence-electron chi connectivity index (χ4n) is 1.02. The van der Waals surface area contributed by atoms with E-state index >= 15 is 0 Å². The molecule has 0 spiro atoms. The van der Waals surface area contributed by atoms with Gasteiger partial charge in [0, 0.05) is 0 Å². The Morgan fingerprint density at radius 1 is 0.556 bits per heavy atom. The molecule has 0 unspecified atom stereocenters. The van der Waals surface area contributed by atoms with E-state index in [4.69, 9.17) is 58.0 Å². The molecule has 0 aliphatic carbocycles. The van der Waals surface area contributed by atoms with Crippen LogP contribution in [0.1, 0.15) is 5.56 Å². The van der Waals surface area contributed by atoms with E-state index in [1.54, 1.807) is 0 Å². The molecule has 1 aromatic rings. The molecule has 0 N–H and O–H groups in total. The van der Waals surface area contributed by atoms with E-state index in [9.17, 15) is 22.0 Å². The Hall–Kier alpha value is 0.320. The van der Waals surface area contributed by atoms with Crippen molar-refractivity contribution in [2.75, 3.05) is 0 Å². The predicted octanol–water partition coefficient (Wildman–Crippen LogP) is 6.61. The summed E-state index contributed by atoms with van der Waals surface area (Å²) in [5.74, 6) is -5.31. The van der Waals surface area contributed by atoms with Crippen molar-refractivity contribution in [1.29, 1.82) is 0 Å². The van der Waals surface area contributed by atoms with E-state index in [1.165, 1.54) is 0 Å². The number of halogens is 10. The number of hydrogen-bond donors (Lipinski definition) is 0. The second-order valence-electron chi connectivity index (χ2n) is 3.02. The minimum atomic E-state index is -5.90. The monoisotopic (exact) mass is 366 g/mol. The second-order valence-corrected chi connectivity index (χ2v) is 4.91. The van der Waals surface area contributed by atoms with Gasteiger partial charge in [0.15, 0.2) is 0 Å². The van der Waals surface area contributed by atoms with Crippen LogP contribution in [-0.2, 0) is 5.92 Å². The highest BCUT2D eigenvalue weighted by Crippen LogP contribution is 2.54. The van der Waals surface area contributed by atoms with Crippen LogP contribution < -0.4 is 0 Å². The van der Waals surface area contributed by atoms with Gasteiger partial charge in [-0.25, -0.2) is 0 Å². The maximum atomic E-state index is 13.2. The quantitative estimate of drug-likeness (QED) is 0.297. The van der Waals surface area contributed by atoms with Crippen LogP contribution in [0.25, 0.3) is 0 Å². The van der Waals surface area contributed by atoms with Crippen molar-refractivity contribution in [1.82, 2.24) is 0 Å². The van der Waals surface area contributed by atoms with Gasteiger partial charge < -0.3 is 0 Å². The van der Waals surface area contributed by atoms with Crippen LogP contribution in [0.2, 0.25) is 25.1 Å². The Labute approximate surface area is 123 Å². The molecule has 0 fully saturated rings. The second kappa shape index (κ2) is 5.02. The molecule has 0 atom stereocenters. The van der Waals surface area contributed by atoms with E-state index in [0.29, 0.717) is 0 Å². The largest absolute Gasteiger partial charge is 0.458 e. The topological polar surface area (TPSA) is 0 Å². The summed E-state index contributed by atoms with van der Waals surface area (Å²) in [7, 11) is 0. The molecule has 1 aromatic carbocycles. The maximum Gasteiger partial charge on any atom is 0.458 e. The van der Waals surface area contributed by atoms with Crippen LogP contribution in [0.5, 0.6) is 0 Å². The molecule has 0 aliphatic rings. The minimum absolute atomic E-state index is 0.505. The molecule has 0 radical (unpaired) electrons. The van der Waals surface area contributed by atoms with Crippen LogP contribution in [-0.4, -0.2) is 6.18 Å². The number of benzene rings is 1. The highest BCUT2D eigenvalue weighted by atomic mass is 35.5. The molecule has 0 nitrogen and oxygen atoms in total. The van der Waals surface area contributed by atoms with Gasteiger partial charge in [-0.05, 0) is 0 Å². The van der Waals surface area contributed by atoms with Crippen LogP contribution in [0, 0.1) is 0 Å². The predicted molar refractivity (Wildman–Crippen MR) is 61.4 cm³/mol. The molecule has 18 heavy (non-hydrogen) atoms. The number of alkyl halides is 5. The zero-order valence-corrected chi connectivity index (χ0v) is 11.6. The summed E-state index contributed by atoms with van der Waals surface area (Å²) in [5.41, 5.74) is -1.72. The third-order valence-corrected chi connectivity index (χ3v) is 4.16. The Morgan fingerprint density at radius 2 is 0.833 bits per heavy atom. The van der Waals surface area contributed by atoms with E-state index < -0.39 is 42.8 Å². The highest BCUT2D eigenvalue weighted by Gasteiger charge is 2.61. The first-order valence-electron chi connectivity index (χ1n) is 3.89. The smallest absolute Gasteiger partial charge is 0.191 e. The molecule has 1 rings (SSSR count). The van der Waals surface area contributed by atoms with Crippen LogP contribution in [0.15, 0.2) is 0 Å². The molecule has 0 aromatic heterocycles. The van der Waals surface area contributed by atoms with Crippen LogP contribution in [0.4, 0.5) is 22.0 Å². The summed E-state index contributed by atoms with van der Waals surface area (Å²) in [5, 5.41) is -4.16. The summed E-state index contributed by atoms with van der Waals surface area (Å²) in [6.45, 7) is 0. The van der Waals surface area contributed by atoms with Gasteiger partial charge in [0.25, 0.3) is 0 Å². The Balaban J connectivity index is 3.72. The Morgan fingerprint density at radius 3 is 1.11 bits per heavy atom. The van der Waals surface area contributed by atoms with Crippen molar-refractivity contribution in [3.8, 4) is 0 Å². The van der Waals surface area contributed by atoms with Gasteiger partial charge in [0.2, 0.25) is 0 Å². The zero-order valence-electron chi connectivity index (χ0n) is 7.78. The van der Waals surface area contributed by atoms with Gasteiger partial charge >= 0.3 is 12.1 Å². The number of hydrogen-bond acceptors (Lipinski definition) is 0. The van der Waals surface area contributed by atoms with Crippen molar-refractivity contribution in [3.05, 3.63) is 30.7 Å². The molecular weight excluding hydrogens is 368 g/mol. The first kappa shape index (κ1) is 16.4. The summed E-state index contributed by atoms with van der Waals surface area (Å²) < 4.78 is 63.2. The fourth-order valence-corrected chi connectivity index (χ4v) is 2.40. The maximum absolute atomic E-state index is 13.2. The van der Waals surface area contributed by atoms with E-state index in [1.807, 2.05) is 0 Å². The van der Waals surface area contributed by atoms with E-state index in [0.717, 1.165) is 0 Å². The van der Waals surface area contributed by atoms with Gasteiger partial charge in [-0.2, -0.15) is 22.0 Å². The minimum Gasteiger partial charge on any atom is -0.191 e. The first-order valence-corrected chi connectivity index (χ1v) is 5.78. The van der Waals surface area contributed by atoms with Crippen molar-refractivity contribution < 1.29 is 22.0 Å². The molecule has 0 heterocycles. The lowest BCUT2D eigenvalue weighted by Gasteiger charge is -2.23. The van der Waals surface area contributed by atoms with Crippen LogP contribution in [0.3, 0.4) is 0 Å². The molecule has 0 aliphatic heterocycles. The first-order chi connectivity index (χ1) is 7.93. The molecule has 102 valence electrons. The van der Waals surface area contributed by atoms with Gasteiger partial charge in [-0.3, -0.25) is 0 Å². The summed E-state index contributed by atoms with van der Waals surface area (Å²) in [4.78, 5) is 0. The summed E-state index contributed by atoms with van der Waals surface area (Å²) >= 11 is 26.9. The van der Waals surface area contributed by atoms with E-state index in [-0.39, 0.29) is 0 Å². The lowest BCUT2D eigenvalue weighted by molar-refractivity contribution is -0.289. The van der Waals surface area contributed by atoms with Crippen LogP contribution >= 0.6 is 58.0 Å². The third-order valence-electron chi connectivity index (χ3n) is 1.88. The fraction of sp³-hybridized carbons (Fsp3) is 0.250.